The third kappa shape index (κ3) is 5.83. The van der Waals surface area contributed by atoms with Gasteiger partial charge in [0.25, 0.3) is 0 Å². The first-order valence-corrected chi connectivity index (χ1v) is 11.3. The summed E-state index contributed by atoms with van der Waals surface area (Å²) in [5, 5.41) is 1.41. The molecule has 1 nitrogen and oxygen atoms in total. The maximum absolute atomic E-state index is 5.78. The van der Waals surface area contributed by atoms with Gasteiger partial charge in [0, 0.05) is 0 Å². The molecule has 0 radical (unpaired) electrons. The number of hydrogen-bond acceptors (Lipinski definition) is 1. The third-order valence-corrected chi connectivity index (χ3v) is 5.90. The molecule has 20 heavy (non-hydrogen) atoms. The Morgan fingerprint density at radius 1 is 1.15 bits per heavy atom. The van der Waals surface area contributed by atoms with Crippen LogP contribution in [0.2, 0.25) is 0 Å². The van der Waals surface area contributed by atoms with Gasteiger partial charge in [0.05, 0.1) is 0 Å². The fourth-order valence-corrected chi connectivity index (χ4v) is 3.53. The van der Waals surface area contributed by atoms with Crippen LogP contribution >= 0.6 is 7.26 Å². The van der Waals surface area contributed by atoms with Crippen LogP contribution in [0.5, 0.6) is 0 Å². The monoisotopic (exact) mass is 298 g/mol. The third-order valence-electron chi connectivity index (χ3n) is 3.89. The van der Waals surface area contributed by atoms with E-state index in [2.05, 4.69) is 72.8 Å². The zero-order valence-electron chi connectivity index (χ0n) is 15.1. The molecule has 0 fully saturated rings. The minimum atomic E-state index is -1.45. The summed E-state index contributed by atoms with van der Waals surface area (Å²) in [6.07, 6.45) is 9.02. The van der Waals surface area contributed by atoms with Gasteiger partial charge in [0.1, 0.15) is 0 Å². The first-order valence-electron chi connectivity index (χ1n) is 7.76. The summed E-state index contributed by atoms with van der Waals surface area (Å²) in [5.41, 5.74) is 1.55. The van der Waals surface area contributed by atoms with Crippen LogP contribution in [0, 0.1) is 5.41 Å². The van der Waals surface area contributed by atoms with Crippen molar-refractivity contribution in [1.29, 1.82) is 0 Å². The molecule has 118 valence electrons. The summed E-state index contributed by atoms with van der Waals surface area (Å²) in [4.78, 5) is 0. The van der Waals surface area contributed by atoms with Gasteiger partial charge in [-0.25, -0.2) is 0 Å². The van der Waals surface area contributed by atoms with E-state index in [1.807, 2.05) is 0 Å². The molecule has 0 saturated carbocycles. The van der Waals surface area contributed by atoms with Crippen molar-refractivity contribution in [3.63, 3.8) is 0 Å². The second-order valence-corrected chi connectivity index (χ2v) is 12.1. The average Bonchev–Trinajstić information content (AvgIpc) is 2.36. The van der Waals surface area contributed by atoms with Crippen molar-refractivity contribution in [3.8, 4) is 0 Å². The molecule has 0 saturated heterocycles. The van der Waals surface area contributed by atoms with Crippen molar-refractivity contribution < 1.29 is 4.74 Å². The molecule has 0 aliphatic heterocycles. The molecule has 0 rings (SSSR count). The Morgan fingerprint density at radius 3 is 2.00 bits per heavy atom. The van der Waals surface area contributed by atoms with Crippen LogP contribution in [0.15, 0.2) is 34.9 Å². The molecule has 2 heteroatoms. The topological polar surface area (TPSA) is 9.23 Å². The van der Waals surface area contributed by atoms with Gasteiger partial charge in [-0.1, -0.05) is 0 Å². The summed E-state index contributed by atoms with van der Waals surface area (Å²) >= 11 is 0. The van der Waals surface area contributed by atoms with E-state index in [1.54, 1.807) is 7.11 Å². The van der Waals surface area contributed by atoms with Crippen molar-refractivity contribution in [2.24, 2.45) is 5.41 Å². The van der Waals surface area contributed by atoms with E-state index in [4.69, 9.17) is 4.74 Å². The van der Waals surface area contributed by atoms with Gasteiger partial charge in [-0.2, -0.15) is 0 Å². The number of rotatable bonds is 7. The molecule has 0 unspecified atom stereocenters. The number of allylic oxidation sites excluding steroid dienone is 5. The second kappa shape index (κ2) is 8.03. The Hall–Kier alpha value is -0.550. The van der Waals surface area contributed by atoms with E-state index in [-0.39, 0.29) is 5.41 Å². The molecule has 0 N–H and O–H groups in total. The fourth-order valence-electron chi connectivity index (χ4n) is 2.00. The van der Waals surface area contributed by atoms with Gasteiger partial charge < -0.3 is 0 Å². The Kier molecular flexibility index (Phi) is 7.81. The molecule has 0 aliphatic carbocycles. The first kappa shape index (κ1) is 19.4. The van der Waals surface area contributed by atoms with Crippen molar-refractivity contribution >= 4 is 7.26 Å². The van der Waals surface area contributed by atoms with E-state index in [0.29, 0.717) is 0 Å². The van der Waals surface area contributed by atoms with Crippen LogP contribution in [0.25, 0.3) is 0 Å². The maximum atomic E-state index is 5.78. The molecule has 0 aromatic carbocycles. The Labute approximate surface area is 127 Å². The van der Waals surface area contributed by atoms with Gasteiger partial charge in [0.2, 0.25) is 0 Å². The standard InChI is InChI=1S/C18H35OP/c1-10-15(11-2)17(19-6)16(20(7,8)9)13-14-18(4,5)12-3/h10,13-14,20H,11-12H2,1-9H3/b14-13+,15-10-,17-16-. The summed E-state index contributed by atoms with van der Waals surface area (Å²) < 4.78 is 5.78. The number of methoxy groups -OCH3 is 1. The first-order chi connectivity index (χ1) is 9.12. The van der Waals surface area contributed by atoms with Crippen LogP contribution in [0.3, 0.4) is 0 Å². The predicted octanol–water partition coefficient (Wildman–Crippen LogP) is 5.83. The molecular weight excluding hydrogens is 263 g/mol. The molecule has 0 spiro atoms. The quantitative estimate of drug-likeness (QED) is 0.326. The van der Waals surface area contributed by atoms with E-state index in [1.165, 1.54) is 10.9 Å². The molecule has 0 heterocycles. The molecule has 0 aliphatic rings. The summed E-state index contributed by atoms with van der Waals surface area (Å²) in [5.74, 6) is 1.09. The summed E-state index contributed by atoms with van der Waals surface area (Å²) in [6, 6.07) is 0. The van der Waals surface area contributed by atoms with E-state index >= 15 is 0 Å². The summed E-state index contributed by atoms with van der Waals surface area (Å²) in [7, 11) is 0.348. The van der Waals surface area contributed by atoms with E-state index < -0.39 is 7.26 Å². The SMILES string of the molecule is C\C=C(CC)/C(OC)=C(\C=C\C(C)(C)CC)[PH](C)(C)C. The Morgan fingerprint density at radius 2 is 1.70 bits per heavy atom. The van der Waals surface area contributed by atoms with Gasteiger partial charge in [-0.15, -0.1) is 0 Å². The second-order valence-electron chi connectivity index (χ2n) is 7.04. The minimum absolute atomic E-state index is 0.242. The number of ether oxygens (including phenoxy) is 1. The zero-order valence-corrected chi connectivity index (χ0v) is 16.1. The molecule has 0 atom stereocenters. The van der Waals surface area contributed by atoms with Gasteiger partial charge >= 0.3 is 127 Å². The van der Waals surface area contributed by atoms with Gasteiger partial charge in [0.15, 0.2) is 0 Å². The van der Waals surface area contributed by atoms with Crippen LogP contribution in [0.1, 0.15) is 47.5 Å². The van der Waals surface area contributed by atoms with Gasteiger partial charge in [-0.3, -0.25) is 0 Å². The van der Waals surface area contributed by atoms with Crippen LogP contribution in [-0.2, 0) is 4.74 Å². The van der Waals surface area contributed by atoms with E-state index in [9.17, 15) is 0 Å². The fraction of sp³-hybridized carbons (Fsp3) is 0.667. The van der Waals surface area contributed by atoms with E-state index in [0.717, 1.165) is 18.6 Å². The zero-order chi connectivity index (χ0) is 16.0. The Bertz CT molecular complexity index is 392. The Balaban J connectivity index is 5.90. The van der Waals surface area contributed by atoms with Crippen LogP contribution in [-0.4, -0.2) is 27.1 Å². The van der Waals surface area contributed by atoms with Crippen LogP contribution < -0.4 is 0 Å². The average molecular weight is 298 g/mol. The molecular formula is C18H35OP. The van der Waals surface area contributed by atoms with Crippen molar-refractivity contribution in [2.75, 3.05) is 27.1 Å². The molecule has 0 amide bonds. The summed E-state index contributed by atoms with van der Waals surface area (Å²) in [6.45, 7) is 18.2. The normalized spacial score (nSPS) is 16.4. The van der Waals surface area contributed by atoms with Crippen LogP contribution in [0.4, 0.5) is 0 Å². The molecule has 0 aromatic rings. The van der Waals surface area contributed by atoms with Gasteiger partial charge in [-0.05, 0) is 0 Å². The van der Waals surface area contributed by atoms with Crippen molar-refractivity contribution in [2.45, 2.75) is 47.5 Å². The van der Waals surface area contributed by atoms with Crippen molar-refractivity contribution in [1.82, 2.24) is 0 Å². The number of hydrogen-bond donors (Lipinski definition) is 0. The van der Waals surface area contributed by atoms with Crippen molar-refractivity contribution in [3.05, 3.63) is 34.9 Å². The molecule has 0 aromatic heterocycles. The molecule has 0 bridgehead atoms. The predicted molar refractivity (Wildman–Crippen MR) is 97.4 cm³/mol.